The van der Waals surface area contributed by atoms with Gasteiger partial charge in [-0.25, -0.2) is 0 Å². The molecule has 1 aliphatic rings. The van der Waals surface area contributed by atoms with Crippen LogP contribution in [-0.2, 0) is 5.54 Å². The van der Waals surface area contributed by atoms with Gasteiger partial charge in [-0.2, -0.15) is 15.0 Å². The molecule has 2 N–H and O–H groups in total. The molecule has 0 bridgehead atoms. The SMILES string of the molecule is Cc1cnn(-c2ccccc2C2(N)CCCC2)n1. The van der Waals surface area contributed by atoms with E-state index < -0.39 is 0 Å². The molecule has 1 fully saturated rings. The molecule has 1 heterocycles. The van der Waals surface area contributed by atoms with E-state index in [2.05, 4.69) is 16.3 Å². The highest BCUT2D eigenvalue weighted by Crippen LogP contribution is 2.38. The third-order valence-electron chi connectivity index (χ3n) is 3.76. The summed E-state index contributed by atoms with van der Waals surface area (Å²) >= 11 is 0. The van der Waals surface area contributed by atoms with Gasteiger partial charge < -0.3 is 5.73 Å². The van der Waals surface area contributed by atoms with Gasteiger partial charge in [0.2, 0.25) is 0 Å². The van der Waals surface area contributed by atoms with Gasteiger partial charge in [-0.15, -0.1) is 0 Å². The number of hydrogen-bond donors (Lipinski definition) is 1. The van der Waals surface area contributed by atoms with Gasteiger partial charge in [-0.3, -0.25) is 0 Å². The van der Waals surface area contributed by atoms with Crippen LogP contribution >= 0.6 is 0 Å². The van der Waals surface area contributed by atoms with Gasteiger partial charge in [0.25, 0.3) is 0 Å². The number of aryl methyl sites for hydroxylation is 1. The van der Waals surface area contributed by atoms with E-state index in [1.165, 1.54) is 12.8 Å². The maximum absolute atomic E-state index is 6.56. The van der Waals surface area contributed by atoms with E-state index in [4.69, 9.17) is 5.73 Å². The van der Waals surface area contributed by atoms with E-state index in [0.717, 1.165) is 29.8 Å². The second-order valence-corrected chi connectivity index (χ2v) is 5.16. The Morgan fingerprint density at radius 1 is 1.22 bits per heavy atom. The van der Waals surface area contributed by atoms with E-state index in [1.807, 2.05) is 25.1 Å². The molecular formula is C14H18N4. The first-order valence-corrected chi connectivity index (χ1v) is 6.47. The molecule has 4 nitrogen and oxygen atoms in total. The van der Waals surface area contributed by atoms with Crippen molar-refractivity contribution < 1.29 is 0 Å². The largest absolute Gasteiger partial charge is 0.321 e. The third kappa shape index (κ3) is 1.82. The highest BCUT2D eigenvalue weighted by molar-refractivity contribution is 5.44. The highest BCUT2D eigenvalue weighted by atomic mass is 15.5. The van der Waals surface area contributed by atoms with Crippen LogP contribution in [0.4, 0.5) is 0 Å². The molecule has 0 unspecified atom stereocenters. The molecular weight excluding hydrogens is 224 g/mol. The van der Waals surface area contributed by atoms with Crippen LogP contribution in [0.25, 0.3) is 5.69 Å². The average Bonchev–Trinajstić information content (AvgIpc) is 2.99. The molecule has 2 aromatic rings. The normalized spacial score (nSPS) is 18.1. The lowest BCUT2D eigenvalue weighted by molar-refractivity contribution is 0.457. The standard InChI is InChI=1S/C14H18N4/c1-11-10-16-18(17-11)13-7-3-2-6-12(13)14(15)8-4-5-9-14/h2-3,6-7,10H,4-5,8-9,15H2,1H3. The summed E-state index contributed by atoms with van der Waals surface area (Å²) in [6.07, 6.45) is 6.27. The van der Waals surface area contributed by atoms with Gasteiger partial charge in [-0.05, 0) is 31.4 Å². The summed E-state index contributed by atoms with van der Waals surface area (Å²) in [4.78, 5) is 1.69. The second kappa shape index (κ2) is 4.21. The number of nitrogens with zero attached hydrogens (tertiary/aromatic N) is 3. The number of rotatable bonds is 2. The molecule has 4 heteroatoms. The summed E-state index contributed by atoms with van der Waals surface area (Å²) in [6, 6.07) is 8.21. The lowest BCUT2D eigenvalue weighted by Gasteiger charge is -2.26. The topological polar surface area (TPSA) is 56.7 Å². The molecule has 0 radical (unpaired) electrons. The maximum Gasteiger partial charge on any atom is 0.0907 e. The second-order valence-electron chi connectivity index (χ2n) is 5.16. The predicted octanol–water partition coefficient (Wildman–Crippen LogP) is 2.30. The molecule has 0 amide bonds. The monoisotopic (exact) mass is 242 g/mol. The van der Waals surface area contributed by atoms with Crippen LogP contribution < -0.4 is 5.73 Å². The number of benzene rings is 1. The predicted molar refractivity (Wildman–Crippen MR) is 70.4 cm³/mol. The van der Waals surface area contributed by atoms with E-state index in [0.29, 0.717) is 0 Å². The molecule has 1 saturated carbocycles. The first-order chi connectivity index (χ1) is 8.69. The van der Waals surface area contributed by atoms with Gasteiger partial charge >= 0.3 is 0 Å². The number of para-hydroxylation sites is 1. The van der Waals surface area contributed by atoms with Crippen molar-refractivity contribution in [3.63, 3.8) is 0 Å². The molecule has 1 aromatic heterocycles. The summed E-state index contributed by atoms with van der Waals surface area (Å²) in [7, 11) is 0. The van der Waals surface area contributed by atoms with E-state index in [9.17, 15) is 0 Å². The van der Waals surface area contributed by atoms with Gasteiger partial charge in [-0.1, -0.05) is 31.0 Å². The first kappa shape index (κ1) is 11.4. The summed E-state index contributed by atoms with van der Waals surface area (Å²) in [5.74, 6) is 0. The fourth-order valence-electron chi connectivity index (χ4n) is 2.80. The minimum absolute atomic E-state index is 0.210. The van der Waals surface area contributed by atoms with E-state index in [-0.39, 0.29) is 5.54 Å². The average molecular weight is 242 g/mol. The van der Waals surface area contributed by atoms with Crippen molar-refractivity contribution in [3.05, 3.63) is 41.7 Å². The smallest absolute Gasteiger partial charge is 0.0907 e. The number of hydrogen-bond acceptors (Lipinski definition) is 3. The van der Waals surface area contributed by atoms with Crippen molar-refractivity contribution in [2.24, 2.45) is 5.73 Å². The Morgan fingerprint density at radius 2 is 1.94 bits per heavy atom. The minimum atomic E-state index is -0.210. The Kier molecular flexibility index (Phi) is 2.67. The van der Waals surface area contributed by atoms with Crippen molar-refractivity contribution in [3.8, 4) is 5.69 Å². The first-order valence-electron chi connectivity index (χ1n) is 6.47. The van der Waals surface area contributed by atoms with Crippen LogP contribution in [0, 0.1) is 6.92 Å². The van der Waals surface area contributed by atoms with Crippen LogP contribution in [0.5, 0.6) is 0 Å². The zero-order valence-corrected chi connectivity index (χ0v) is 10.6. The van der Waals surface area contributed by atoms with Crippen molar-refractivity contribution in [1.29, 1.82) is 0 Å². The van der Waals surface area contributed by atoms with Crippen LogP contribution in [0.3, 0.4) is 0 Å². The molecule has 94 valence electrons. The maximum atomic E-state index is 6.56. The van der Waals surface area contributed by atoms with Gasteiger partial charge in [0.1, 0.15) is 0 Å². The van der Waals surface area contributed by atoms with Crippen LogP contribution in [0.1, 0.15) is 36.9 Å². The summed E-state index contributed by atoms with van der Waals surface area (Å²) < 4.78 is 0. The van der Waals surface area contributed by atoms with E-state index >= 15 is 0 Å². The van der Waals surface area contributed by atoms with Crippen LogP contribution in [0.2, 0.25) is 0 Å². The number of aromatic nitrogens is 3. The molecule has 0 atom stereocenters. The highest BCUT2D eigenvalue weighted by Gasteiger charge is 2.33. The molecule has 18 heavy (non-hydrogen) atoms. The summed E-state index contributed by atoms with van der Waals surface area (Å²) in [5.41, 5.74) is 9.44. The molecule has 0 aliphatic heterocycles. The summed E-state index contributed by atoms with van der Waals surface area (Å²) in [5, 5.41) is 8.69. The third-order valence-corrected chi connectivity index (χ3v) is 3.76. The Morgan fingerprint density at radius 3 is 2.61 bits per heavy atom. The lowest BCUT2D eigenvalue weighted by Crippen LogP contribution is -2.34. The zero-order chi connectivity index (χ0) is 12.6. The van der Waals surface area contributed by atoms with Gasteiger partial charge in [0.05, 0.1) is 17.6 Å². The number of nitrogens with two attached hydrogens (primary N) is 1. The fraction of sp³-hybridized carbons (Fsp3) is 0.429. The van der Waals surface area contributed by atoms with Gasteiger partial charge in [0.15, 0.2) is 0 Å². The van der Waals surface area contributed by atoms with Gasteiger partial charge in [0, 0.05) is 5.54 Å². The quantitative estimate of drug-likeness (QED) is 0.879. The van der Waals surface area contributed by atoms with Crippen molar-refractivity contribution in [2.75, 3.05) is 0 Å². The molecule has 3 rings (SSSR count). The molecule has 1 aliphatic carbocycles. The Labute approximate surface area is 107 Å². The molecule has 0 spiro atoms. The molecule has 1 aromatic carbocycles. The van der Waals surface area contributed by atoms with Crippen molar-refractivity contribution >= 4 is 0 Å². The van der Waals surface area contributed by atoms with Crippen molar-refractivity contribution in [2.45, 2.75) is 38.1 Å². The van der Waals surface area contributed by atoms with E-state index in [1.54, 1.807) is 11.0 Å². The summed E-state index contributed by atoms with van der Waals surface area (Å²) in [6.45, 7) is 1.94. The lowest BCUT2D eigenvalue weighted by atomic mass is 9.88. The van der Waals surface area contributed by atoms with Crippen molar-refractivity contribution in [1.82, 2.24) is 15.0 Å². The van der Waals surface area contributed by atoms with Crippen LogP contribution in [0.15, 0.2) is 30.5 Å². The zero-order valence-electron chi connectivity index (χ0n) is 10.6. The fourth-order valence-corrected chi connectivity index (χ4v) is 2.80. The molecule has 0 saturated heterocycles. The van der Waals surface area contributed by atoms with Crippen LogP contribution in [-0.4, -0.2) is 15.0 Å². The Balaban J connectivity index is 2.10. The minimum Gasteiger partial charge on any atom is -0.321 e. The Hall–Kier alpha value is -1.68. The Bertz CT molecular complexity index is 552.